The summed E-state index contributed by atoms with van der Waals surface area (Å²) in [5.41, 5.74) is 4.59. The number of nitrogens with one attached hydrogen (secondary N) is 2. The number of fused-ring (bicyclic) bond motifs is 2. The Morgan fingerprint density at radius 3 is 2.49 bits per heavy atom. The normalized spacial score (nSPS) is 11.1. The quantitative estimate of drug-likeness (QED) is 0.224. The lowest BCUT2D eigenvalue weighted by Crippen LogP contribution is -2.08. The Morgan fingerprint density at radius 2 is 1.69 bits per heavy atom. The van der Waals surface area contributed by atoms with Gasteiger partial charge < -0.3 is 20.5 Å². The molecule has 4 aromatic carbocycles. The number of ketones is 1. The molecular weight excluding hydrogens is 440 g/mol. The van der Waals surface area contributed by atoms with Gasteiger partial charge in [0.25, 0.3) is 0 Å². The van der Waals surface area contributed by atoms with E-state index < -0.39 is 5.97 Å². The average molecular weight is 465 g/mol. The molecule has 0 aliphatic rings. The molecule has 0 fully saturated rings. The van der Waals surface area contributed by atoms with Crippen molar-refractivity contribution in [3.63, 3.8) is 0 Å². The minimum absolute atomic E-state index is 0.0138. The van der Waals surface area contributed by atoms with E-state index in [0.29, 0.717) is 29.8 Å². The third kappa shape index (κ3) is 4.10. The monoisotopic (exact) mass is 464 g/mol. The van der Waals surface area contributed by atoms with Gasteiger partial charge in [0, 0.05) is 40.5 Å². The summed E-state index contributed by atoms with van der Waals surface area (Å²) in [4.78, 5) is 28.3. The third-order valence-corrected chi connectivity index (χ3v) is 6.31. The summed E-state index contributed by atoms with van der Waals surface area (Å²) in [7, 11) is 0. The predicted octanol–water partition coefficient (Wildman–Crippen LogP) is 5.92. The van der Waals surface area contributed by atoms with Crippen molar-refractivity contribution >= 4 is 39.1 Å². The van der Waals surface area contributed by atoms with Crippen LogP contribution >= 0.6 is 0 Å². The van der Waals surface area contributed by atoms with Crippen LogP contribution < -0.4 is 5.32 Å². The minimum atomic E-state index is -1.17. The first-order chi connectivity index (χ1) is 16.9. The number of carboxylic acid groups (broad SMARTS) is 1. The van der Waals surface area contributed by atoms with Gasteiger partial charge in [-0.25, -0.2) is 4.79 Å². The standard InChI is InChI=1S/C29H24N2O4/c1-17-26(28(33)22-10-4-7-18-6-2-3-9-21(18)22)27-19(8-5-11-24(27)31-17)14-15-30-20-12-13-23(29(34)35)25(32)16-20/h2-13,16,30-32H,14-15H2,1H3,(H,34,35). The van der Waals surface area contributed by atoms with E-state index in [1.54, 1.807) is 6.07 Å². The summed E-state index contributed by atoms with van der Waals surface area (Å²) in [6.07, 6.45) is 0.631. The number of aromatic amines is 1. The molecule has 1 aromatic heterocycles. The van der Waals surface area contributed by atoms with E-state index in [4.69, 9.17) is 5.11 Å². The lowest BCUT2D eigenvalue weighted by atomic mass is 9.93. The molecule has 35 heavy (non-hydrogen) atoms. The second kappa shape index (κ2) is 8.99. The molecule has 6 heteroatoms. The van der Waals surface area contributed by atoms with Crippen LogP contribution in [0, 0.1) is 6.92 Å². The van der Waals surface area contributed by atoms with Crippen LogP contribution in [-0.2, 0) is 6.42 Å². The van der Waals surface area contributed by atoms with Gasteiger partial charge in [0.1, 0.15) is 11.3 Å². The number of carboxylic acids is 1. The summed E-state index contributed by atoms with van der Waals surface area (Å²) in [6.45, 7) is 2.46. The van der Waals surface area contributed by atoms with Crippen molar-refractivity contribution in [1.29, 1.82) is 0 Å². The van der Waals surface area contributed by atoms with Gasteiger partial charge in [-0.15, -0.1) is 0 Å². The van der Waals surface area contributed by atoms with E-state index in [0.717, 1.165) is 32.9 Å². The van der Waals surface area contributed by atoms with E-state index in [1.807, 2.05) is 67.6 Å². The van der Waals surface area contributed by atoms with Crippen molar-refractivity contribution in [2.75, 3.05) is 11.9 Å². The highest BCUT2D eigenvalue weighted by atomic mass is 16.4. The molecule has 1 heterocycles. The summed E-state index contributed by atoms with van der Waals surface area (Å²) < 4.78 is 0. The number of benzene rings is 4. The molecule has 0 amide bonds. The Kier molecular flexibility index (Phi) is 5.71. The highest BCUT2D eigenvalue weighted by Crippen LogP contribution is 2.31. The molecule has 0 aliphatic carbocycles. The van der Waals surface area contributed by atoms with Gasteiger partial charge in [-0.3, -0.25) is 4.79 Å². The maximum absolute atomic E-state index is 13.8. The van der Waals surface area contributed by atoms with Crippen LogP contribution in [0.2, 0.25) is 0 Å². The predicted molar refractivity (Wildman–Crippen MR) is 138 cm³/mol. The topological polar surface area (TPSA) is 102 Å². The van der Waals surface area contributed by atoms with Crippen molar-refractivity contribution in [2.45, 2.75) is 13.3 Å². The number of hydrogen-bond donors (Lipinski definition) is 4. The summed E-state index contributed by atoms with van der Waals surface area (Å²) in [5, 5.41) is 25.1. The summed E-state index contributed by atoms with van der Waals surface area (Å²) in [6, 6.07) is 24.0. The van der Waals surface area contributed by atoms with Gasteiger partial charge in [0.2, 0.25) is 0 Å². The molecule has 4 N–H and O–H groups in total. The van der Waals surface area contributed by atoms with Gasteiger partial charge in [0.05, 0.1) is 5.56 Å². The summed E-state index contributed by atoms with van der Waals surface area (Å²) >= 11 is 0. The summed E-state index contributed by atoms with van der Waals surface area (Å²) in [5.74, 6) is -1.47. The minimum Gasteiger partial charge on any atom is -0.507 e. The van der Waals surface area contributed by atoms with Crippen molar-refractivity contribution in [2.24, 2.45) is 0 Å². The number of carbonyl (C=O) groups excluding carboxylic acids is 1. The van der Waals surface area contributed by atoms with Crippen LogP contribution in [0.5, 0.6) is 5.75 Å². The fourth-order valence-corrected chi connectivity index (χ4v) is 4.67. The molecular formula is C29H24N2O4. The van der Waals surface area contributed by atoms with Crippen LogP contribution in [0.4, 0.5) is 5.69 Å². The zero-order valence-electron chi connectivity index (χ0n) is 19.1. The molecule has 5 rings (SSSR count). The van der Waals surface area contributed by atoms with E-state index in [-0.39, 0.29) is 17.1 Å². The number of anilines is 1. The Hall–Kier alpha value is -4.58. The fourth-order valence-electron chi connectivity index (χ4n) is 4.67. The van der Waals surface area contributed by atoms with Gasteiger partial charge in [-0.1, -0.05) is 54.6 Å². The van der Waals surface area contributed by atoms with Crippen molar-refractivity contribution in [3.8, 4) is 5.75 Å². The maximum atomic E-state index is 13.8. The zero-order chi connectivity index (χ0) is 24.5. The highest BCUT2D eigenvalue weighted by molar-refractivity contribution is 6.22. The number of H-pyrrole nitrogens is 1. The molecule has 0 saturated heterocycles. The molecule has 0 unspecified atom stereocenters. The van der Waals surface area contributed by atoms with Gasteiger partial charge in [-0.2, -0.15) is 0 Å². The number of aromatic nitrogens is 1. The zero-order valence-corrected chi connectivity index (χ0v) is 19.1. The van der Waals surface area contributed by atoms with Crippen LogP contribution in [0.3, 0.4) is 0 Å². The number of aromatic hydroxyl groups is 1. The second-order valence-electron chi connectivity index (χ2n) is 8.53. The first-order valence-corrected chi connectivity index (χ1v) is 11.4. The highest BCUT2D eigenvalue weighted by Gasteiger charge is 2.21. The maximum Gasteiger partial charge on any atom is 0.339 e. The van der Waals surface area contributed by atoms with Crippen molar-refractivity contribution < 1.29 is 19.8 Å². The van der Waals surface area contributed by atoms with Gasteiger partial charge >= 0.3 is 5.97 Å². The lowest BCUT2D eigenvalue weighted by Gasteiger charge is -2.11. The Morgan fingerprint density at radius 1 is 0.914 bits per heavy atom. The van der Waals surface area contributed by atoms with Crippen molar-refractivity contribution in [1.82, 2.24) is 4.98 Å². The number of carbonyl (C=O) groups is 2. The molecule has 0 radical (unpaired) electrons. The first-order valence-electron chi connectivity index (χ1n) is 11.4. The largest absolute Gasteiger partial charge is 0.507 e. The van der Waals surface area contributed by atoms with Crippen LogP contribution in [0.25, 0.3) is 21.7 Å². The molecule has 0 aliphatic heterocycles. The lowest BCUT2D eigenvalue weighted by molar-refractivity contribution is 0.0693. The third-order valence-electron chi connectivity index (χ3n) is 6.31. The van der Waals surface area contributed by atoms with Crippen molar-refractivity contribution in [3.05, 3.63) is 107 Å². The number of aromatic carboxylic acids is 1. The average Bonchev–Trinajstić information content (AvgIpc) is 3.19. The van der Waals surface area contributed by atoms with E-state index in [1.165, 1.54) is 12.1 Å². The Labute approximate surface area is 201 Å². The molecule has 0 spiro atoms. The van der Waals surface area contributed by atoms with Crippen LogP contribution in [0.1, 0.15) is 37.5 Å². The van der Waals surface area contributed by atoms with E-state index >= 15 is 0 Å². The second-order valence-corrected chi connectivity index (χ2v) is 8.53. The number of hydrogen-bond acceptors (Lipinski definition) is 4. The Balaban J connectivity index is 1.46. The molecule has 5 aromatic rings. The fraction of sp³-hybridized carbons (Fsp3) is 0.103. The molecule has 174 valence electrons. The number of rotatable bonds is 7. The van der Waals surface area contributed by atoms with E-state index in [9.17, 15) is 14.7 Å². The SMILES string of the molecule is Cc1[nH]c2cccc(CCNc3ccc(C(=O)O)c(O)c3)c2c1C(=O)c1cccc2ccccc12. The van der Waals surface area contributed by atoms with Gasteiger partial charge in [0.15, 0.2) is 5.78 Å². The van der Waals surface area contributed by atoms with Crippen LogP contribution in [-0.4, -0.2) is 33.5 Å². The van der Waals surface area contributed by atoms with Crippen LogP contribution in [0.15, 0.2) is 78.9 Å². The number of phenols is 1. The van der Waals surface area contributed by atoms with Gasteiger partial charge in [-0.05, 0) is 47.9 Å². The molecule has 6 nitrogen and oxygen atoms in total. The smallest absolute Gasteiger partial charge is 0.339 e. The Bertz CT molecular complexity index is 1590. The first kappa shape index (κ1) is 22.2. The van der Waals surface area contributed by atoms with E-state index in [2.05, 4.69) is 10.3 Å². The number of aryl methyl sites for hydroxylation is 1. The molecule has 0 atom stereocenters. The molecule has 0 bridgehead atoms. The molecule has 0 saturated carbocycles.